The summed E-state index contributed by atoms with van der Waals surface area (Å²) in [6.45, 7) is 2.66. The maximum absolute atomic E-state index is 12.6. The standard InChI is InChI=1S/C18H21N3O3S2/c1-14-9-12-25-17(14)13-19-20-18(22)15-7-10-21(11-8-15)26(23,24)16-5-3-2-4-6-16/h2-6,9,12-13,15H,7-8,10-11H2,1H3,(H,20,22)/b19-13-. The van der Waals surface area contributed by atoms with Gasteiger partial charge in [0.05, 0.1) is 11.1 Å². The van der Waals surface area contributed by atoms with Gasteiger partial charge in [-0.2, -0.15) is 9.41 Å². The fourth-order valence-corrected chi connectivity index (χ4v) is 5.14. The summed E-state index contributed by atoms with van der Waals surface area (Å²) in [5.41, 5.74) is 3.69. The molecular weight excluding hydrogens is 370 g/mol. The lowest BCUT2D eigenvalue weighted by atomic mass is 9.98. The molecule has 1 aromatic heterocycles. The quantitative estimate of drug-likeness (QED) is 0.629. The summed E-state index contributed by atoms with van der Waals surface area (Å²) in [5, 5.41) is 5.99. The second-order valence-corrected chi connectivity index (χ2v) is 9.08. The fourth-order valence-electron chi connectivity index (χ4n) is 2.86. The highest BCUT2D eigenvalue weighted by Gasteiger charge is 2.31. The second-order valence-electron chi connectivity index (χ2n) is 6.19. The summed E-state index contributed by atoms with van der Waals surface area (Å²) >= 11 is 1.56. The van der Waals surface area contributed by atoms with Crippen molar-refractivity contribution < 1.29 is 13.2 Å². The summed E-state index contributed by atoms with van der Waals surface area (Å²) < 4.78 is 26.7. The molecule has 1 aromatic carbocycles. The topological polar surface area (TPSA) is 78.8 Å². The van der Waals surface area contributed by atoms with E-state index in [0.29, 0.717) is 30.8 Å². The van der Waals surface area contributed by atoms with Crippen LogP contribution in [-0.4, -0.2) is 37.9 Å². The maximum atomic E-state index is 12.6. The van der Waals surface area contributed by atoms with Gasteiger partial charge in [-0.1, -0.05) is 18.2 Å². The zero-order chi connectivity index (χ0) is 18.6. The molecular formula is C18H21N3O3S2. The highest BCUT2D eigenvalue weighted by Crippen LogP contribution is 2.23. The summed E-state index contributed by atoms with van der Waals surface area (Å²) in [6.07, 6.45) is 2.63. The molecule has 0 aliphatic carbocycles. The zero-order valence-corrected chi connectivity index (χ0v) is 16.1. The zero-order valence-electron chi connectivity index (χ0n) is 14.5. The van der Waals surface area contributed by atoms with Crippen LogP contribution < -0.4 is 5.43 Å². The second kappa shape index (κ2) is 8.11. The van der Waals surface area contributed by atoms with Crippen LogP contribution in [0, 0.1) is 12.8 Å². The molecule has 3 rings (SSSR count). The number of sulfonamides is 1. The van der Waals surface area contributed by atoms with Crippen LogP contribution in [-0.2, 0) is 14.8 Å². The highest BCUT2D eigenvalue weighted by molar-refractivity contribution is 7.89. The van der Waals surface area contributed by atoms with E-state index in [-0.39, 0.29) is 11.8 Å². The third-order valence-electron chi connectivity index (χ3n) is 4.46. The van der Waals surface area contributed by atoms with Crippen LogP contribution in [0.3, 0.4) is 0 Å². The summed E-state index contributed by atoms with van der Waals surface area (Å²) in [5.74, 6) is -0.383. The molecule has 0 saturated carbocycles. The van der Waals surface area contributed by atoms with E-state index < -0.39 is 10.0 Å². The lowest BCUT2D eigenvalue weighted by Crippen LogP contribution is -2.42. The minimum atomic E-state index is -3.49. The molecule has 6 nitrogen and oxygen atoms in total. The fraction of sp³-hybridized carbons (Fsp3) is 0.333. The van der Waals surface area contributed by atoms with Gasteiger partial charge in [0, 0.05) is 23.9 Å². The van der Waals surface area contributed by atoms with Crippen LogP contribution >= 0.6 is 11.3 Å². The molecule has 2 aromatic rings. The van der Waals surface area contributed by atoms with Crippen LogP contribution in [0.4, 0.5) is 0 Å². The monoisotopic (exact) mass is 391 g/mol. The molecule has 8 heteroatoms. The number of nitrogens with one attached hydrogen (secondary N) is 1. The van der Waals surface area contributed by atoms with Gasteiger partial charge in [0.2, 0.25) is 15.9 Å². The first-order valence-corrected chi connectivity index (χ1v) is 10.7. The maximum Gasteiger partial charge on any atom is 0.243 e. The van der Waals surface area contributed by atoms with Crippen LogP contribution in [0.1, 0.15) is 23.3 Å². The molecule has 2 heterocycles. The minimum absolute atomic E-state index is 0.160. The van der Waals surface area contributed by atoms with Gasteiger partial charge in [0.15, 0.2) is 0 Å². The average Bonchev–Trinajstić information content (AvgIpc) is 3.07. The molecule has 1 fully saturated rings. The number of rotatable bonds is 5. The molecule has 1 aliphatic rings. The Labute approximate surface area is 157 Å². The van der Waals surface area contributed by atoms with E-state index >= 15 is 0 Å². The van der Waals surface area contributed by atoms with Crippen molar-refractivity contribution in [2.75, 3.05) is 13.1 Å². The first-order chi connectivity index (χ1) is 12.5. The van der Waals surface area contributed by atoms with E-state index in [9.17, 15) is 13.2 Å². The largest absolute Gasteiger partial charge is 0.273 e. The van der Waals surface area contributed by atoms with Crippen molar-refractivity contribution in [2.24, 2.45) is 11.0 Å². The van der Waals surface area contributed by atoms with Crippen molar-refractivity contribution in [3.05, 3.63) is 52.2 Å². The molecule has 138 valence electrons. The number of carbonyl (C=O) groups is 1. The van der Waals surface area contributed by atoms with Crippen molar-refractivity contribution in [3.63, 3.8) is 0 Å². The van der Waals surface area contributed by atoms with Crippen molar-refractivity contribution >= 4 is 33.5 Å². The highest BCUT2D eigenvalue weighted by atomic mass is 32.2. The van der Waals surface area contributed by atoms with Gasteiger partial charge in [0.25, 0.3) is 0 Å². The number of benzene rings is 1. The first-order valence-electron chi connectivity index (χ1n) is 8.40. The SMILES string of the molecule is Cc1ccsc1/C=N\NC(=O)C1CCN(S(=O)(=O)c2ccccc2)CC1. The van der Waals surface area contributed by atoms with Gasteiger partial charge in [-0.3, -0.25) is 4.79 Å². The average molecular weight is 392 g/mol. The Morgan fingerprint density at radius 3 is 2.54 bits per heavy atom. The summed E-state index contributed by atoms with van der Waals surface area (Å²) in [7, 11) is -3.49. The van der Waals surface area contributed by atoms with Gasteiger partial charge in [-0.05, 0) is 48.9 Å². The number of amides is 1. The van der Waals surface area contributed by atoms with Gasteiger partial charge in [-0.25, -0.2) is 13.8 Å². The number of thiophene rings is 1. The predicted molar refractivity (Wildman–Crippen MR) is 103 cm³/mol. The van der Waals surface area contributed by atoms with E-state index in [1.54, 1.807) is 47.9 Å². The Morgan fingerprint density at radius 2 is 1.92 bits per heavy atom. The molecule has 1 N–H and O–H groups in total. The number of carbonyl (C=O) groups excluding carboxylic acids is 1. The molecule has 26 heavy (non-hydrogen) atoms. The molecule has 0 unspecified atom stereocenters. The van der Waals surface area contributed by atoms with Crippen molar-refractivity contribution in [1.82, 2.24) is 9.73 Å². The number of piperidine rings is 1. The molecule has 0 spiro atoms. The Balaban J connectivity index is 1.54. The van der Waals surface area contributed by atoms with Crippen LogP contribution in [0.2, 0.25) is 0 Å². The molecule has 0 atom stereocenters. The Bertz CT molecular complexity index is 883. The molecule has 1 amide bonds. The van der Waals surface area contributed by atoms with Crippen molar-refractivity contribution in [3.8, 4) is 0 Å². The number of hydrogen-bond donors (Lipinski definition) is 1. The normalized spacial score (nSPS) is 16.8. The Kier molecular flexibility index (Phi) is 5.85. The minimum Gasteiger partial charge on any atom is -0.273 e. The molecule has 1 aliphatic heterocycles. The van der Waals surface area contributed by atoms with E-state index in [1.807, 2.05) is 18.4 Å². The summed E-state index contributed by atoms with van der Waals surface area (Å²) in [4.78, 5) is 13.5. The van der Waals surface area contributed by atoms with E-state index in [0.717, 1.165) is 10.4 Å². The van der Waals surface area contributed by atoms with E-state index in [2.05, 4.69) is 10.5 Å². The van der Waals surface area contributed by atoms with Crippen LogP contribution in [0.5, 0.6) is 0 Å². The van der Waals surface area contributed by atoms with Gasteiger partial charge in [0.1, 0.15) is 0 Å². The number of nitrogens with zero attached hydrogens (tertiary/aromatic N) is 2. The molecule has 0 bridgehead atoms. The number of hydrazone groups is 1. The lowest BCUT2D eigenvalue weighted by Gasteiger charge is -2.30. The third kappa shape index (κ3) is 4.20. The third-order valence-corrected chi connectivity index (χ3v) is 7.33. The van der Waals surface area contributed by atoms with Crippen LogP contribution in [0.15, 0.2) is 51.8 Å². The van der Waals surface area contributed by atoms with Crippen molar-refractivity contribution in [1.29, 1.82) is 0 Å². The Morgan fingerprint density at radius 1 is 1.23 bits per heavy atom. The van der Waals surface area contributed by atoms with E-state index in [1.165, 1.54) is 4.31 Å². The van der Waals surface area contributed by atoms with Crippen LogP contribution in [0.25, 0.3) is 0 Å². The summed E-state index contributed by atoms with van der Waals surface area (Å²) in [6, 6.07) is 10.4. The van der Waals surface area contributed by atoms with Gasteiger partial charge in [-0.15, -0.1) is 11.3 Å². The van der Waals surface area contributed by atoms with Gasteiger partial charge >= 0.3 is 0 Å². The number of aryl methyl sites for hydroxylation is 1. The predicted octanol–water partition coefficient (Wildman–Crippen LogP) is 2.61. The lowest BCUT2D eigenvalue weighted by molar-refractivity contribution is -0.126. The Hall–Kier alpha value is -2.03. The molecule has 0 radical (unpaired) electrons. The van der Waals surface area contributed by atoms with Gasteiger partial charge < -0.3 is 0 Å². The van der Waals surface area contributed by atoms with Crippen molar-refractivity contribution in [2.45, 2.75) is 24.7 Å². The van der Waals surface area contributed by atoms with E-state index in [4.69, 9.17) is 0 Å². The first kappa shape index (κ1) is 18.8. The molecule has 1 saturated heterocycles. The number of hydrogen-bond acceptors (Lipinski definition) is 5. The smallest absolute Gasteiger partial charge is 0.243 e.